The van der Waals surface area contributed by atoms with E-state index in [9.17, 15) is 14.0 Å². The van der Waals surface area contributed by atoms with Crippen LogP contribution in [0.2, 0.25) is 5.15 Å². The van der Waals surface area contributed by atoms with Gasteiger partial charge < -0.3 is 14.0 Å². The molecule has 1 aliphatic carbocycles. The quantitative estimate of drug-likeness (QED) is 0.640. The molecule has 6 nitrogen and oxygen atoms in total. The number of ether oxygens (including phenoxy) is 2. The van der Waals surface area contributed by atoms with Gasteiger partial charge in [0, 0.05) is 12.2 Å². The van der Waals surface area contributed by atoms with Gasteiger partial charge >= 0.3 is 6.16 Å². The molecule has 1 aliphatic rings. The number of nitrogens with zero attached hydrogens (tertiary/aromatic N) is 2. The van der Waals surface area contributed by atoms with Crippen LogP contribution in [0.15, 0.2) is 17.2 Å². The molecule has 1 saturated carbocycles. The fraction of sp³-hybridized carbons (Fsp3) is 0.357. The van der Waals surface area contributed by atoms with Crippen LogP contribution < -0.4 is 10.2 Å². The van der Waals surface area contributed by atoms with E-state index in [-0.39, 0.29) is 34.5 Å². The molecule has 0 N–H and O–H groups in total. The number of hydrogen-bond acceptors (Lipinski definition) is 5. The summed E-state index contributed by atoms with van der Waals surface area (Å²) >= 11 is 5.70. The molecule has 0 saturated heterocycles. The predicted molar refractivity (Wildman–Crippen MR) is 76.9 cm³/mol. The summed E-state index contributed by atoms with van der Waals surface area (Å²) in [6.45, 7) is 1.74. The van der Waals surface area contributed by atoms with Gasteiger partial charge in [-0.1, -0.05) is 11.6 Å². The number of halogens is 2. The highest BCUT2D eigenvalue weighted by molar-refractivity contribution is 6.30. The summed E-state index contributed by atoms with van der Waals surface area (Å²) in [5, 5.41) is -0.295. The summed E-state index contributed by atoms with van der Waals surface area (Å²) in [7, 11) is 0. The first-order chi connectivity index (χ1) is 10.5. The van der Waals surface area contributed by atoms with Crippen molar-refractivity contribution in [3.8, 4) is 5.75 Å². The molecule has 2 aromatic rings. The zero-order valence-electron chi connectivity index (χ0n) is 11.6. The highest BCUT2D eigenvalue weighted by Crippen LogP contribution is 2.38. The van der Waals surface area contributed by atoms with Crippen LogP contribution in [0.3, 0.4) is 0 Å². The van der Waals surface area contributed by atoms with E-state index in [4.69, 9.17) is 16.3 Å². The molecule has 2 heterocycles. The first kappa shape index (κ1) is 14.8. The zero-order chi connectivity index (χ0) is 15.9. The molecule has 0 aromatic carbocycles. The highest BCUT2D eigenvalue weighted by atomic mass is 35.5. The van der Waals surface area contributed by atoms with Crippen LogP contribution in [0.1, 0.15) is 25.8 Å². The molecule has 3 rings (SSSR count). The summed E-state index contributed by atoms with van der Waals surface area (Å²) in [5.41, 5.74) is -0.563. The van der Waals surface area contributed by atoms with Crippen LogP contribution in [0.4, 0.5) is 9.18 Å². The fourth-order valence-corrected chi connectivity index (χ4v) is 2.34. The first-order valence-electron chi connectivity index (χ1n) is 6.76. The van der Waals surface area contributed by atoms with Gasteiger partial charge in [0.2, 0.25) is 5.43 Å². The molecule has 0 aliphatic heterocycles. The van der Waals surface area contributed by atoms with E-state index >= 15 is 0 Å². The van der Waals surface area contributed by atoms with E-state index in [0.717, 1.165) is 12.8 Å². The van der Waals surface area contributed by atoms with Crippen molar-refractivity contribution in [2.45, 2.75) is 25.8 Å². The lowest BCUT2D eigenvalue weighted by Crippen LogP contribution is -2.19. The Bertz CT molecular complexity index is 817. The second-order valence-electron chi connectivity index (χ2n) is 4.87. The number of rotatable bonds is 3. The van der Waals surface area contributed by atoms with Crippen molar-refractivity contribution in [1.29, 1.82) is 0 Å². The molecule has 0 spiro atoms. The number of pyridine rings is 2. The van der Waals surface area contributed by atoms with Crippen LogP contribution in [0.25, 0.3) is 10.9 Å². The van der Waals surface area contributed by atoms with Gasteiger partial charge in [0.05, 0.1) is 23.7 Å². The molecule has 0 atom stereocenters. The largest absolute Gasteiger partial charge is 0.514 e. The summed E-state index contributed by atoms with van der Waals surface area (Å²) in [6.07, 6.45) is 3.20. The number of carbonyl (C=O) groups excluding carboxylic acids is 1. The number of fused-ring (bicyclic) bond motifs is 1. The number of carbonyl (C=O) groups is 1. The maximum atomic E-state index is 14.3. The van der Waals surface area contributed by atoms with Gasteiger partial charge in [-0.25, -0.2) is 14.2 Å². The Morgan fingerprint density at radius 2 is 2.27 bits per heavy atom. The lowest BCUT2D eigenvalue weighted by Gasteiger charge is -2.13. The first-order valence-corrected chi connectivity index (χ1v) is 7.14. The van der Waals surface area contributed by atoms with E-state index in [2.05, 4.69) is 9.72 Å². The summed E-state index contributed by atoms with van der Waals surface area (Å²) in [5.74, 6) is -0.979. The Labute approximate surface area is 129 Å². The summed E-state index contributed by atoms with van der Waals surface area (Å²) in [4.78, 5) is 27.4. The normalized spacial score (nSPS) is 14.1. The van der Waals surface area contributed by atoms with Crippen molar-refractivity contribution in [3.63, 3.8) is 0 Å². The summed E-state index contributed by atoms with van der Waals surface area (Å²) < 4.78 is 25.4. The molecule has 8 heteroatoms. The Morgan fingerprint density at radius 3 is 2.91 bits per heavy atom. The molecule has 22 heavy (non-hydrogen) atoms. The molecule has 0 unspecified atom stereocenters. The van der Waals surface area contributed by atoms with Crippen molar-refractivity contribution in [1.82, 2.24) is 9.55 Å². The number of hydrogen-bond donors (Lipinski definition) is 0. The average molecular weight is 327 g/mol. The highest BCUT2D eigenvalue weighted by Gasteiger charge is 2.28. The Balaban J connectivity index is 2.20. The minimum Gasteiger partial charge on any atom is -0.434 e. The van der Waals surface area contributed by atoms with Gasteiger partial charge in [-0.3, -0.25) is 4.79 Å². The van der Waals surface area contributed by atoms with Gasteiger partial charge in [0.1, 0.15) is 0 Å². The standard InChI is InChI=1S/C14H12ClFN2O4/c1-2-21-14(20)22-9-6-18(7-3-4-7)11-8(12(9)19)5-17-13(15)10(11)16/h5-7H,2-4H2,1H3. The fourth-order valence-electron chi connectivity index (χ4n) is 2.21. The van der Waals surface area contributed by atoms with Crippen molar-refractivity contribution in [2.24, 2.45) is 0 Å². The van der Waals surface area contributed by atoms with Crippen molar-refractivity contribution in [2.75, 3.05) is 6.61 Å². The van der Waals surface area contributed by atoms with Crippen LogP contribution >= 0.6 is 11.6 Å². The van der Waals surface area contributed by atoms with Crippen molar-refractivity contribution in [3.05, 3.63) is 33.6 Å². The van der Waals surface area contributed by atoms with E-state index in [1.54, 1.807) is 11.5 Å². The SMILES string of the molecule is CCOC(=O)Oc1cn(C2CC2)c2c(F)c(Cl)ncc2c1=O. The predicted octanol–water partition coefficient (Wildman–Crippen LogP) is 3.06. The third-order valence-electron chi connectivity index (χ3n) is 3.33. The van der Waals surface area contributed by atoms with Crippen LogP contribution in [0.5, 0.6) is 5.75 Å². The smallest absolute Gasteiger partial charge is 0.434 e. The third-order valence-corrected chi connectivity index (χ3v) is 3.59. The van der Waals surface area contributed by atoms with Gasteiger partial charge in [-0.15, -0.1) is 0 Å². The molecule has 0 radical (unpaired) electrons. The summed E-state index contributed by atoms with van der Waals surface area (Å²) in [6, 6.07) is 0.0422. The van der Waals surface area contributed by atoms with Crippen LogP contribution in [-0.2, 0) is 4.74 Å². The Hall–Kier alpha value is -2.15. The lowest BCUT2D eigenvalue weighted by atomic mass is 10.2. The van der Waals surface area contributed by atoms with E-state index in [0.29, 0.717) is 0 Å². The maximum Gasteiger partial charge on any atom is 0.514 e. The minimum atomic E-state index is -0.983. The maximum absolute atomic E-state index is 14.3. The zero-order valence-corrected chi connectivity index (χ0v) is 12.4. The van der Waals surface area contributed by atoms with Crippen LogP contribution in [0, 0.1) is 5.82 Å². The van der Waals surface area contributed by atoms with Crippen molar-refractivity contribution >= 4 is 28.7 Å². The lowest BCUT2D eigenvalue weighted by molar-refractivity contribution is 0.104. The molecule has 0 bridgehead atoms. The molecule has 2 aromatic heterocycles. The van der Waals surface area contributed by atoms with E-state index in [1.807, 2.05) is 0 Å². The average Bonchev–Trinajstić information content (AvgIpc) is 3.30. The van der Waals surface area contributed by atoms with Crippen LogP contribution in [-0.4, -0.2) is 22.3 Å². The monoisotopic (exact) mass is 326 g/mol. The second kappa shape index (κ2) is 5.57. The molecular weight excluding hydrogens is 315 g/mol. The number of aromatic nitrogens is 2. The molecular formula is C14H12ClFN2O4. The Morgan fingerprint density at radius 1 is 1.55 bits per heavy atom. The molecule has 0 amide bonds. The topological polar surface area (TPSA) is 70.4 Å². The van der Waals surface area contributed by atoms with E-state index in [1.165, 1.54) is 12.4 Å². The molecule has 116 valence electrons. The van der Waals surface area contributed by atoms with Gasteiger partial charge in [0.15, 0.2) is 16.7 Å². The third kappa shape index (κ3) is 2.52. The second-order valence-corrected chi connectivity index (χ2v) is 5.23. The minimum absolute atomic E-state index is 0.00981. The van der Waals surface area contributed by atoms with Gasteiger partial charge in [0.25, 0.3) is 0 Å². The molecule has 1 fully saturated rings. The van der Waals surface area contributed by atoms with Gasteiger partial charge in [-0.05, 0) is 19.8 Å². The van der Waals surface area contributed by atoms with Crippen molar-refractivity contribution < 1.29 is 18.7 Å². The van der Waals surface area contributed by atoms with Gasteiger partial charge in [-0.2, -0.15) is 0 Å². The Kier molecular flexibility index (Phi) is 3.74. The van der Waals surface area contributed by atoms with E-state index < -0.39 is 17.4 Å².